The third kappa shape index (κ3) is 2.04. The molecule has 0 N–H and O–H groups in total. The van der Waals surface area contributed by atoms with Crippen molar-refractivity contribution < 1.29 is 0 Å². The highest BCUT2D eigenvalue weighted by Gasteiger charge is 2.20. The molecule has 2 heterocycles. The van der Waals surface area contributed by atoms with Crippen molar-refractivity contribution in [3.63, 3.8) is 0 Å². The number of hydrogen-bond acceptors (Lipinski definition) is 2. The fourth-order valence-electron chi connectivity index (χ4n) is 3.07. The number of rotatable bonds is 1. The maximum atomic E-state index is 4.75. The number of aromatic nitrogens is 1. The molecule has 1 aromatic carbocycles. The molecule has 4 rings (SSSR count). The minimum absolute atomic E-state index is 0.773. The van der Waals surface area contributed by atoms with Crippen LogP contribution in [-0.4, -0.2) is 10.7 Å². The lowest BCUT2D eigenvalue weighted by Gasteiger charge is -2.15. The number of hydrogen-bond donors (Lipinski definition) is 0. The van der Waals surface area contributed by atoms with Crippen LogP contribution in [0.15, 0.2) is 53.7 Å². The van der Waals surface area contributed by atoms with Crippen molar-refractivity contribution in [3.05, 3.63) is 82.2 Å². The van der Waals surface area contributed by atoms with Gasteiger partial charge in [0, 0.05) is 23.0 Å². The summed E-state index contributed by atoms with van der Waals surface area (Å²) >= 11 is 0. The molecule has 2 aliphatic rings. The van der Waals surface area contributed by atoms with E-state index in [4.69, 9.17) is 4.99 Å². The number of aliphatic imine (C=N–C) groups is 1. The van der Waals surface area contributed by atoms with Gasteiger partial charge in [-0.1, -0.05) is 30.4 Å². The van der Waals surface area contributed by atoms with Crippen LogP contribution in [0.2, 0.25) is 0 Å². The lowest BCUT2D eigenvalue weighted by atomic mass is 9.89. The summed E-state index contributed by atoms with van der Waals surface area (Å²) in [6.45, 7) is 6.84. The van der Waals surface area contributed by atoms with Crippen molar-refractivity contribution in [2.24, 2.45) is 4.99 Å². The zero-order valence-electron chi connectivity index (χ0n) is 12.1. The van der Waals surface area contributed by atoms with Gasteiger partial charge in [0.25, 0.3) is 0 Å². The van der Waals surface area contributed by atoms with Crippen LogP contribution in [0.5, 0.6) is 0 Å². The molecule has 2 heteroatoms. The highest BCUT2D eigenvalue weighted by molar-refractivity contribution is 6.15. The summed E-state index contributed by atoms with van der Waals surface area (Å²) in [6.07, 6.45) is 7.07. The Hall–Kier alpha value is -2.48. The molecule has 1 aliphatic heterocycles. The Morgan fingerprint density at radius 2 is 2.00 bits per heavy atom. The molecule has 1 aromatic heterocycles. The van der Waals surface area contributed by atoms with Crippen LogP contribution in [0.25, 0.3) is 6.08 Å². The average Bonchev–Trinajstić information content (AvgIpc) is 2.87. The van der Waals surface area contributed by atoms with Gasteiger partial charge >= 0.3 is 0 Å². The predicted octanol–water partition coefficient (Wildman–Crippen LogP) is 3.87. The summed E-state index contributed by atoms with van der Waals surface area (Å²) in [6, 6.07) is 8.71. The Bertz CT molecular complexity index is 825. The Kier molecular flexibility index (Phi) is 2.64. The van der Waals surface area contributed by atoms with Crippen LogP contribution in [0.1, 0.15) is 33.5 Å². The number of benzene rings is 1. The Balaban J connectivity index is 1.82. The lowest BCUT2D eigenvalue weighted by molar-refractivity contribution is 1.08. The zero-order valence-corrected chi connectivity index (χ0v) is 12.1. The minimum Gasteiger partial charge on any atom is -0.279 e. The SMILES string of the molecule is C=C1C=Cc2cc3c(cc2C1)CN=C3c1ccnc(C)c1. The van der Waals surface area contributed by atoms with Crippen LogP contribution in [0, 0.1) is 6.92 Å². The second kappa shape index (κ2) is 4.52. The smallest absolute Gasteiger partial charge is 0.0727 e. The summed E-state index contributed by atoms with van der Waals surface area (Å²) in [5.41, 5.74) is 9.69. The molecule has 2 nitrogen and oxygen atoms in total. The van der Waals surface area contributed by atoms with Gasteiger partial charge in [-0.3, -0.25) is 9.98 Å². The molecule has 1 aliphatic carbocycles. The first kappa shape index (κ1) is 12.3. The van der Waals surface area contributed by atoms with Crippen molar-refractivity contribution >= 4 is 11.8 Å². The second-order valence-corrected chi connectivity index (χ2v) is 5.73. The quantitative estimate of drug-likeness (QED) is 0.773. The van der Waals surface area contributed by atoms with Gasteiger partial charge in [-0.25, -0.2) is 0 Å². The summed E-state index contributed by atoms with van der Waals surface area (Å²) in [4.78, 5) is 9.02. The molecule has 0 fully saturated rings. The van der Waals surface area contributed by atoms with Crippen molar-refractivity contribution in [1.82, 2.24) is 4.98 Å². The van der Waals surface area contributed by atoms with Crippen LogP contribution in [0.3, 0.4) is 0 Å². The molecule has 2 aromatic rings. The monoisotopic (exact) mass is 272 g/mol. The van der Waals surface area contributed by atoms with Gasteiger partial charge in [-0.15, -0.1) is 0 Å². The molecule has 0 saturated heterocycles. The van der Waals surface area contributed by atoms with E-state index in [9.17, 15) is 0 Å². The Labute approximate surface area is 124 Å². The molecule has 0 unspecified atom stereocenters. The van der Waals surface area contributed by atoms with Gasteiger partial charge in [-0.05, 0) is 48.2 Å². The number of nitrogens with zero attached hydrogens (tertiary/aromatic N) is 2. The van der Waals surface area contributed by atoms with E-state index >= 15 is 0 Å². The number of aryl methyl sites for hydroxylation is 1. The molecule has 102 valence electrons. The molecule has 21 heavy (non-hydrogen) atoms. The fraction of sp³-hybridized carbons (Fsp3) is 0.158. The molecule has 0 saturated carbocycles. The molecule has 0 spiro atoms. The highest BCUT2D eigenvalue weighted by Crippen LogP contribution is 2.30. The Morgan fingerprint density at radius 1 is 1.10 bits per heavy atom. The average molecular weight is 272 g/mol. The van der Waals surface area contributed by atoms with Gasteiger partial charge in [-0.2, -0.15) is 0 Å². The van der Waals surface area contributed by atoms with E-state index in [2.05, 4.69) is 41.9 Å². The first-order chi connectivity index (χ1) is 10.2. The third-order valence-corrected chi connectivity index (χ3v) is 4.11. The number of allylic oxidation sites excluding steroid dienone is 2. The van der Waals surface area contributed by atoms with Gasteiger partial charge < -0.3 is 0 Å². The second-order valence-electron chi connectivity index (χ2n) is 5.73. The van der Waals surface area contributed by atoms with Crippen molar-refractivity contribution in [1.29, 1.82) is 0 Å². The van der Waals surface area contributed by atoms with Gasteiger partial charge in [0.15, 0.2) is 0 Å². The summed E-state index contributed by atoms with van der Waals surface area (Å²) < 4.78 is 0. The molecule has 0 atom stereocenters. The summed E-state index contributed by atoms with van der Waals surface area (Å²) in [7, 11) is 0. The van der Waals surface area contributed by atoms with Gasteiger partial charge in [0.05, 0.1) is 12.3 Å². The first-order valence-electron chi connectivity index (χ1n) is 7.20. The maximum absolute atomic E-state index is 4.75. The summed E-state index contributed by atoms with van der Waals surface area (Å²) in [5.74, 6) is 0. The minimum atomic E-state index is 0.773. The lowest BCUT2D eigenvalue weighted by Crippen LogP contribution is -2.05. The molecule has 0 bridgehead atoms. The third-order valence-electron chi connectivity index (χ3n) is 4.11. The van der Waals surface area contributed by atoms with E-state index in [0.29, 0.717) is 0 Å². The standard InChI is InChI=1S/C19H16N2/c1-12-3-4-14-10-18-17(9-16(14)7-12)11-21-19(18)15-5-6-20-13(2)8-15/h3-6,8-10H,1,7,11H2,2H3. The molecule has 0 amide bonds. The van der Waals surface area contributed by atoms with Crippen molar-refractivity contribution in [2.45, 2.75) is 19.9 Å². The predicted molar refractivity (Wildman–Crippen MR) is 86.6 cm³/mol. The topological polar surface area (TPSA) is 25.2 Å². The molecule has 0 radical (unpaired) electrons. The zero-order chi connectivity index (χ0) is 14.4. The highest BCUT2D eigenvalue weighted by atomic mass is 14.8. The van der Waals surface area contributed by atoms with Crippen LogP contribution >= 0.6 is 0 Å². The van der Waals surface area contributed by atoms with Crippen molar-refractivity contribution in [3.8, 4) is 0 Å². The van der Waals surface area contributed by atoms with Crippen molar-refractivity contribution in [2.75, 3.05) is 0 Å². The fourth-order valence-corrected chi connectivity index (χ4v) is 3.07. The van der Waals surface area contributed by atoms with Gasteiger partial charge in [0.2, 0.25) is 0 Å². The van der Waals surface area contributed by atoms with E-state index in [-0.39, 0.29) is 0 Å². The maximum Gasteiger partial charge on any atom is 0.0727 e. The van der Waals surface area contributed by atoms with E-state index < -0.39 is 0 Å². The molecular weight excluding hydrogens is 256 g/mol. The van der Waals surface area contributed by atoms with Crippen LogP contribution < -0.4 is 0 Å². The Morgan fingerprint density at radius 3 is 2.86 bits per heavy atom. The summed E-state index contributed by atoms with van der Waals surface area (Å²) in [5, 5.41) is 0. The normalized spacial score (nSPS) is 15.7. The van der Waals surface area contributed by atoms with E-state index in [1.54, 1.807) is 0 Å². The van der Waals surface area contributed by atoms with E-state index in [0.717, 1.165) is 29.9 Å². The molecular formula is C19H16N2. The largest absolute Gasteiger partial charge is 0.279 e. The van der Waals surface area contributed by atoms with Crippen LogP contribution in [0.4, 0.5) is 0 Å². The number of pyridine rings is 1. The first-order valence-corrected chi connectivity index (χ1v) is 7.20. The van der Waals surface area contributed by atoms with E-state index in [1.807, 2.05) is 19.2 Å². The van der Waals surface area contributed by atoms with Crippen LogP contribution in [-0.2, 0) is 13.0 Å². The number of fused-ring (bicyclic) bond motifs is 2. The van der Waals surface area contributed by atoms with Gasteiger partial charge in [0.1, 0.15) is 0 Å². The van der Waals surface area contributed by atoms with E-state index in [1.165, 1.54) is 27.8 Å².